The molecule has 1 fully saturated rings. The highest BCUT2D eigenvalue weighted by Gasteiger charge is 2.39. The van der Waals surface area contributed by atoms with E-state index in [0.717, 1.165) is 71.0 Å². The van der Waals surface area contributed by atoms with E-state index >= 15 is 0 Å². The number of aromatic amines is 1. The van der Waals surface area contributed by atoms with Gasteiger partial charge >= 0.3 is 36.4 Å². The van der Waals surface area contributed by atoms with Crippen molar-refractivity contribution < 1.29 is 82.0 Å². The normalized spacial score (nSPS) is 13.2. The van der Waals surface area contributed by atoms with Crippen molar-refractivity contribution in [2.24, 2.45) is 0 Å². The molecule has 0 amide bonds. The van der Waals surface area contributed by atoms with E-state index in [0.29, 0.717) is 4.90 Å². The van der Waals surface area contributed by atoms with Crippen LogP contribution in [0.5, 0.6) is 0 Å². The van der Waals surface area contributed by atoms with E-state index in [1.807, 2.05) is 24.4 Å². The Balaban J connectivity index is 0.000000365. The van der Waals surface area contributed by atoms with Crippen LogP contribution in [0.1, 0.15) is 0 Å². The maximum atomic E-state index is 13.5. The minimum Gasteiger partial charge on any atom is -0.475 e. The SMILES string of the molecule is CS(=O)(=O)c1cccc(N2CCN(c3ncnc4ccc(-c5c[nH]nc5-c5ccc(F)cc5)cc34)CC2)c1.O=C(O)C(F)(F)F.O=C(O)C(F)(F)F.O=C(O)C(F)(F)F. The molecule has 3 aromatic carbocycles. The van der Waals surface area contributed by atoms with Crippen molar-refractivity contribution in [3.05, 3.63) is 85.1 Å². The van der Waals surface area contributed by atoms with Crippen molar-refractivity contribution in [2.75, 3.05) is 42.2 Å². The maximum Gasteiger partial charge on any atom is 0.490 e. The van der Waals surface area contributed by atoms with E-state index < -0.39 is 46.3 Å². The van der Waals surface area contributed by atoms with Gasteiger partial charge in [-0.25, -0.2) is 37.2 Å². The number of carboxylic acids is 3. The van der Waals surface area contributed by atoms with Gasteiger partial charge in [0.2, 0.25) is 0 Å². The van der Waals surface area contributed by atoms with Gasteiger partial charge in [0, 0.05) is 60.8 Å². The van der Waals surface area contributed by atoms with Gasteiger partial charge in [0.15, 0.2) is 9.84 Å². The van der Waals surface area contributed by atoms with E-state index in [2.05, 4.69) is 36.0 Å². The summed E-state index contributed by atoms with van der Waals surface area (Å²) in [5.74, 6) is -7.71. The summed E-state index contributed by atoms with van der Waals surface area (Å²) in [7, 11) is -3.27. The number of fused-ring (bicyclic) bond motifs is 1. The Morgan fingerprint density at radius 3 is 1.68 bits per heavy atom. The molecule has 0 saturated carbocycles. The molecule has 0 spiro atoms. The summed E-state index contributed by atoms with van der Waals surface area (Å²) in [6.07, 6.45) is -10.6. The summed E-state index contributed by atoms with van der Waals surface area (Å²) in [6.45, 7) is 2.92. The molecule has 5 aromatic rings. The number of carbonyl (C=O) groups is 3. The molecule has 1 aliphatic heterocycles. The smallest absolute Gasteiger partial charge is 0.475 e. The molecule has 0 atom stereocenters. The molecule has 4 N–H and O–H groups in total. The molecule has 6 rings (SSSR count). The van der Waals surface area contributed by atoms with Crippen LogP contribution in [0.15, 0.2) is 84.1 Å². The van der Waals surface area contributed by atoms with Crippen LogP contribution in [0.4, 0.5) is 55.4 Å². The van der Waals surface area contributed by atoms with Crippen LogP contribution in [0.3, 0.4) is 0 Å². The number of alkyl halides is 9. The van der Waals surface area contributed by atoms with Crippen molar-refractivity contribution in [3.63, 3.8) is 0 Å². The van der Waals surface area contributed by atoms with Crippen LogP contribution in [0.2, 0.25) is 0 Å². The first-order valence-corrected chi connectivity index (χ1v) is 17.8. The van der Waals surface area contributed by atoms with Gasteiger partial charge in [-0.15, -0.1) is 0 Å². The molecule has 3 heterocycles. The number of aromatic nitrogens is 4. The molecule has 1 aliphatic rings. The van der Waals surface area contributed by atoms with Crippen LogP contribution >= 0.6 is 0 Å². The number of piperazine rings is 1. The van der Waals surface area contributed by atoms with Crippen molar-refractivity contribution in [1.29, 1.82) is 0 Å². The van der Waals surface area contributed by atoms with Crippen molar-refractivity contribution in [3.8, 4) is 22.4 Å². The molecular weight excluding hydrogens is 842 g/mol. The number of hydrogen-bond donors (Lipinski definition) is 4. The number of aliphatic carboxylic acids is 3. The van der Waals surface area contributed by atoms with Gasteiger partial charge in [-0.05, 0) is 60.2 Å². The van der Waals surface area contributed by atoms with Gasteiger partial charge in [-0.3, -0.25) is 5.10 Å². The zero-order valence-electron chi connectivity index (χ0n) is 29.6. The summed E-state index contributed by atoms with van der Waals surface area (Å²) < 4.78 is 133. The van der Waals surface area contributed by atoms with Crippen LogP contribution in [0, 0.1) is 5.82 Å². The zero-order valence-corrected chi connectivity index (χ0v) is 30.5. The van der Waals surface area contributed by atoms with Gasteiger partial charge in [-0.2, -0.15) is 44.6 Å². The van der Waals surface area contributed by atoms with E-state index in [9.17, 15) is 52.3 Å². The highest BCUT2D eigenvalue weighted by atomic mass is 32.2. The number of benzene rings is 3. The average Bonchev–Trinajstić information content (AvgIpc) is 3.64. The summed E-state index contributed by atoms with van der Waals surface area (Å²) in [5.41, 5.74) is 5.17. The molecule has 25 heteroatoms. The fourth-order valence-corrected chi connectivity index (χ4v) is 5.55. The lowest BCUT2D eigenvalue weighted by Gasteiger charge is -2.37. The monoisotopic (exact) mass is 870 g/mol. The number of nitrogens with zero attached hydrogens (tertiary/aromatic N) is 5. The topological polar surface area (TPSA) is 207 Å². The second-order valence-corrected chi connectivity index (χ2v) is 13.8. The first-order valence-electron chi connectivity index (χ1n) is 15.9. The van der Waals surface area contributed by atoms with E-state index in [4.69, 9.17) is 29.7 Å². The molecule has 0 radical (unpaired) electrons. The number of nitrogens with one attached hydrogen (secondary N) is 1. The average molecular weight is 871 g/mol. The fourth-order valence-electron chi connectivity index (χ4n) is 4.89. The summed E-state index contributed by atoms with van der Waals surface area (Å²) >= 11 is 0. The lowest BCUT2D eigenvalue weighted by Crippen LogP contribution is -2.47. The van der Waals surface area contributed by atoms with Crippen LogP contribution < -0.4 is 9.80 Å². The van der Waals surface area contributed by atoms with Crippen molar-refractivity contribution in [1.82, 2.24) is 20.2 Å². The van der Waals surface area contributed by atoms with Gasteiger partial charge in [0.25, 0.3) is 0 Å². The molecule has 1 saturated heterocycles. The van der Waals surface area contributed by atoms with Gasteiger partial charge in [0.05, 0.1) is 16.1 Å². The molecule has 59 heavy (non-hydrogen) atoms. The molecule has 318 valence electrons. The largest absolute Gasteiger partial charge is 0.490 e. The number of hydrogen-bond acceptors (Lipinski definition) is 10. The molecule has 2 aromatic heterocycles. The van der Waals surface area contributed by atoms with Gasteiger partial charge in [-0.1, -0.05) is 12.1 Å². The standard InChI is InChI=1S/C28H25FN6O2S.3C2HF3O2/c1-38(36,37)23-4-2-3-22(16-23)34-11-13-35(14-12-34)28-24-15-20(7-10-26(24)30-18-31-28)25-17-32-33-27(25)19-5-8-21(29)9-6-19;3*3-2(4,5)1(6)7/h2-10,15-18H,11-14H2,1H3,(H,32,33);3*(H,6,7). The second-order valence-electron chi connectivity index (χ2n) is 11.7. The number of halogens is 10. The molecule has 0 bridgehead atoms. The van der Waals surface area contributed by atoms with E-state index in [1.54, 1.807) is 36.7 Å². The van der Waals surface area contributed by atoms with E-state index in [-0.39, 0.29) is 5.82 Å². The molecule has 0 aliphatic carbocycles. The second kappa shape index (κ2) is 18.8. The predicted molar refractivity (Wildman–Crippen MR) is 188 cm³/mol. The third-order valence-electron chi connectivity index (χ3n) is 7.60. The summed E-state index contributed by atoms with van der Waals surface area (Å²) in [6, 6.07) is 19.4. The fraction of sp³-hybridized carbons (Fsp3) is 0.235. The van der Waals surface area contributed by atoms with Crippen molar-refractivity contribution >= 4 is 50.2 Å². The highest BCUT2D eigenvalue weighted by Crippen LogP contribution is 2.34. The first-order chi connectivity index (χ1) is 27.2. The molecular formula is C34H28F10N6O8S. The van der Waals surface area contributed by atoms with E-state index in [1.165, 1.54) is 18.4 Å². The number of anilines is 2. The molecule has 14 nitrogen and oxygen atoms in total. The lowest BCUT2D eigenvalue weighted by atomic mass is 10.00. The predicted octanol–water partition coefficient (Wildman–Crippen LogP) is 6.46. The highest BCUT2D eigenvalue weighted by molar-refractivity contribution is 7.90. The maximum absolute atomic E-state index is 13.5. The quantitative estimate of drug-likeness (QED) is 0.140. The Labute approximate surface area is 325 Å². The lowest BCUT2D eigenvalue weighted by molar-refractivity contribution is -0.193. The Bertz CT molecular complexity index is 2310. The Kier molecular flexibility index (Phi) is 14.9. The third kappa shape index (κ3) is 13.5. The van der Waals surface area contributed by atoms with Crippen LogP contribution in [-0.2, 0) is 24.2 Å². The van der Waals surface area contributed by atoms with Crippen LogP contribution in [0.25, 0.3) is 33.3 Å². The third-order valence-corrected chi connectivity index (χ3v) is 8.71. The Hall–Kier alpha value is -6.53. The minimum absolute atomic E-state index is 0.290. The number of carboxylic acid groups (broad SMARTS) is 3. The number of sulfone groups is 1. The number of H-pyrrole nitrogens is 1. The molecule has 0 unspecified atom stereocenters. The minimum atomic E-state index is -5.08. The van der Waals surface area contributed by atoms with Crippen LogP contribution in [-0.4, -0.2) is 113 Å². The van der Waals surface area contributed by atoms with Gasteiger partial charge < -0.3 is 25.1 Å². The summed E-state index contributed by atoms with van der Waals surface area (Å²) in [5, 5.41) is 29.7. The number of rotatable bonds is 5. The summed E-state index contributed by atoms with van der Waals surface area (Å²) in [4.78, 5) is 40.6. The Morgan fingerprint density at radius 2 is 1.19 bits per heavy atom. The first kappa shape index (κ1) is 46.8. The Morgan fingerprint density at radius 1 is 0.695 bits per heavy atom. The van der Waals surface area contributed by atoms with Gasteiger partial charge in [0.1, 0.15) is 18.0 Å². The van der Waals surface area contributed by atoms with Crippen molar-refractivity contribution in [2.45, 2.75) is 23.4 Å². The zero-order chi connectivity index (χ0) is 44.5.